The van der Waals surface area contributed by atoms with E-state index < -0.39 is 18.0 Å². The van der Waals surface area contributed by atoms with Crippen LogP contribution in [0.3, 0.4) is 0 Å². The Morgan fingerprint density at radius 3 is 2.24 bits per heavy atom. The number of carboxylic acids is 1. The molecule has 7 heteroatoms. The Morgan fingerprint density at radius 2 is 1.82 bits per heavy atom. The highest BCUT2D eigenvalue weighted by molar-refractivity contribution is 5.86. The molecule has 0 bridgehead atoms. The summed E-state index contributed by atoms with van der Waals surface area (Å²) in [6.45, 7) is 3.54. The van der Waals surface area contributed by atoms with Crippen LogP contribution >= 0.6 is 0 Å². The summed E-state index contributed by atoms with van der Waals surface area (Å²) in [6, 6.07) is -1.61. The van der Waals surface area contributed by atoms with Crippen LogP contribution in [0.1, 0.15) is 20.3 Å². The van der Waals surface area contributed by atoms with Gasteiger partial charge in [0.15, 0.2) is 0 Å². The van der Waals surface area contributed by atoms with Gasteiger partial charge in [0.05, 0.1) is 6.54 Å². The molecule has 0 rings (SSSR count). The first-order chi connectivity index (χ1) is 7.86. The molecule has 0 unspecified atom stereocenters. The summed E-state index contributed by atoms with van der Waals surface area (Å²) < 4.78 is 0. The zero-order chi connectivity index (χ0) is 13.4. The molecule has 0 saturated carbocycles. The third-order valence-electron chi connectivity index (χ3n) is 2.00. The van der Waals surface area contributed by atoms with Crippen LogP contribution in [0.2, 0.25) is 0 Å². The van der Waals surface area contributed by atoms with Gasteiger partial charge in [0.25, 0.3) is 0 Å². The van der Waals surface area contributed by atoms with Crippen molar-refractivity contribution in [1.82, 2.24) is 16.0 Å². The smallest absolute Gasteiger partial charge is 0.326 e. The number of hydrogen-bond donors (Lipinski definition) is 4. The Hall–Kier alpha value is -1.79. The molecule has 0 saturated heterocycles. The minimum atomic E-state index is -1.09. The van der Waals surface area contributed by atoms with Gasteiger partial charge >= 0.3 is 12.0 Å². The Balaban J connectivity index is 4.13. The Kier molecular flexibility index (Phi) is 6.69. The van der Waals surface area contributed by atoms with Crippen LogP contribution < -0.4 is 16.0 Å². The third-order valence-corrected chi connectivity index (χ3v) is 2.00. The molecule has 0 spiro atoms. The van der Waals surface area contributed by atoms with Gasteiger partial charge in [-0.05, 0) is 12.3 Å². The lowest BCUT2D eigenvalue weighted by atomic mass is 10.0. The average Bonchev–Trinajstić information content (AvgIpc) is 2.24. The SMILES string of the molecule is CNC(=O)CNC(=O)N[C@H](CC(C)C)C(=O)O. The van der Waals surface area contributed by atoms with E-state index >= 15 is 0 Å². The molecule has 0 aliphatic rings. The van der Waals surface area contributed by atoms with E-state index in [4.69, 9.17) is 5.11 Å². The maximum absolute atomic E-state index is 11.3. The van der Waals surface area contributed by atoms with Crippen molar-refractivity contribution in [3.05, 3.63) is 0 Å². The Labute approximate surface area is 100.0 Å². The van der Waals surface area contributed by atoms with Crippen molar-refractivity contribution < 1.29 is 19.5 Å². The zero-order valence-corrected chi connectivity index (χ0v) is 10.2. The molecular weight excluding hydrogens is 226 g/mol. The third kappa shape index (κ3) is 7.15. The lowest BCUT2D eigenvalue weighted by molar-refractivity contribution is -0.139. The molecule has 17 heavy (non-hydrogen) atoms. The number of likely N-dealkylation sites (N-methyl/N-ethyl adjacent to an activating group) is 1. The summed E-state index contributed by atoms with van der Waals surface area (Å²) >= 11 is 0. The van der Waals surface area contributed by atoms with Crippen LogP contribution in [0, 0.1) is 5.92 Å². The fraction of sp³-hybridized carbons (Fsp3) is 0.700. The molecule has 7 nitrogen and oxygen atoms in total. The van der Waals surface area contributed by atoms with E-state index in [0.29, 0.717) is 6.42 Å². The maximum Gasteiger partial charge on any atom is 0.326 e. The molecule has 0 aromatic carbocycles. The van der Waals surface area contributed by atoms with Crippen molar-refractivity contribution in [2.24, 2.45) is 5.92 Å². The summed E-state index contributed by atoms with van der Waals surface area (Å²) in [5.41, 5.74) is 0. The second kappa shape index (κ2) is 7.48. The molecule has 1 atom stereocenters. The van der Waals surface area contributed by atoms with E-state index in [-0.39, 0.29) is 18.4 Å². The first-order valence-electron chi connectivity index (χ1n) is 5.34. The minimum absolute atomic E-state index is 0.148. The van der Waals surface area contributed by atoms with Gasteiger partial charge < -0.3 is 21.1 Å². The van der Waals surface area contributed by atoms with Crippen molar-refractivity contribution in [2.75, 3.05) is 13.6 Å². The largest absolute Gasteiger partial charge is 0.480 e. The predicted octanol–water partition coefficient (Wildman–Crippen LogP) is -0.469. The standard InChI is InChI=1S/C10H19N3O4/c1-6(2)4-7(9(15)16)13-10(17)12-5-8(14)11-3/h6-7H,4-5H2,1-3H3,(H,11,14)(H,15,16)(H2,12,13,17)/t7-/m1/s1. The number of carbonyl (C=O) groups excluding carboxylic acids is 2. The average molecular weight is 245 g/mol. The minimum Gasteiger partial charge on any atom is -0.480 e. The molecule has 0 aliphatic heterocycles. The topological polar surface area (TPSA) is 108 Å². The van der Waals surface area contributed by atoms with Crippen LogP contribution in [0.15, 0.2) is 0 Å². The zero-order valence-electron chi connectivity index (χ0n) is 10.2. The van der Waals surface area contributed by atoms with Gasteiger partial charge in [-0.2, -0.15) is 0 Å². The first-order valence-corrected chi connectivity index (χ1v) is 5.34. The van der Waals surface area contributed by atoms with E-state index in [1.54, 1.807) is 0 Å². The normalized spacial score (nSPS) is 11.8. The van der Waals surface area contributed by atoms with Gasteiger partial charge in [0, 0.05) is 7.05 Å². The molecule has 98 valence electrons. The molecule has 0 aromatic rings. The van der Waals surface area contributed by atoms with E-state index in [1.165, 1.54) is 7.05 Å². The number of carboxylic acid groups (broad SMARTS) is 1. The van der Waals surface area contributed by atoms with Crippen molar-refractivity contribution in [3.8, 4) is 0 Å². The van der Waals surface area contributed by atoms with Crippen LogP contribution in [-0.2, 0) is 9.59 Å². The maximum atomic E-state index is 11.3. The molecule has 0 heterocycles. The summed E-state index contributed by atoms with van der Waals surface area (Å²) in [6.07, 6.45) is 0.336. The van der Waals surface area contributed by atoms with E-state index in [2.05, 4.69) is 16.0 Å². The number of hydrogen-bond acceptors (Lipinski definition) is 3. The van der Waals surface area contributed by atoms with E-state index in [1.807, 2.05) is 13.8 Å². The number of nitrogens with one attached hydrogen (secondary N) is 3. The molecule has 3 amide bonds. The van der Waals surface area contributed by atoms with Gasteiger partial charge in [-0.3, -0.25) is 4.79 Å². The second-order valence-corrected chi connectivity index (χ2v) is 4.02. The van der Waals surface area contributed by atoms with E-state index in [0.717, 1.165) is 0 Å². The summed E-state index contributed by atoms with van der Waals surface area (Å²) in [7, 11) is 1.45. The molecule has 0 radical (unpaired) electrons. The van der Waals surface area contributed by atoms with Gasteiger partial charge in [-0.15, -0.1) is 0 Å². The van der Waals surface area contributed by atoms with Crippen LogP contribution in [0.4, 0.5) is 4.79 Å². The Morgan fingerprint density at radius 1 is 1.24 bits per heavy atom. The van der Waals surface area contributed by atoms with Gasteiger partial charge in [-0.1, -0.05) is 13.8 Å². The molecule has 0 aliphatic carbocycles. The number of urea groups is 1. The van der Waals surface area contributed by atoms with Crippen molar-refractivity contribution in [1.29, 1.82) is 0 Å². The quantitative estimate of drug-likeness (QED) is 0.507. The second-order valence-electron chi connectivity index (χ2n) is 4.02. The summed E-state index contributed by atoms with van der Waals surface area (Å²) in [5, 5.41) is 15.8. The van der Waals surface area contributed by atoms with Crippen LogP contribution in [0.25, 0.3) is 0 Å². The summed E-state index contributed by atoms with van der Waals surface area (Å²) in [5.74, 6) is -1.29. The molecule has 4 N–H and O–H groups in total. The first kappa shape index (κ1) is 15.2. The lowest BCUT2D eigenvalue weighted by Gasteiger charge is -2.16. The van der Waals surface area contributed by atoms with Crippen molar-refractivity contribution in [2.45, 2.75) is 26.3 Å². The molecular formula is C10H19N3O4. The molecule has 0 fully saturated rings. The van der Waals surface area contributed by atoms with Crippen LogP contribution in [-0.4, -0.2) is 42.6 Å². The highest BCUT2D eigenvalue weighted by atomic mass is 16.4. The molecule has 0 aromatic heterocycles. The van der Waals surface area contributed by atoms with Crippen molar-refractivity contribution in [3.63, 3.8) is 0 Å². The fourth-order valence-corrected chi connectivity index (χ4v) is 1.15. The fourth-order valence-electron chi connectivity index (χ4n) is 1.15. The number of carbonyl (C=O) groups is 3. The van der Waals surface area contributed by atoms with E-state index in [9.17, 15) is 14.4 Å². The van der Waals surface area contributed by atoms with Crippen LogP contribution in [0.5, 0.6) is 0 Å². The highest BCUT2D eigenvalue weighted by Gasteiger charge is 2.20. The predicted molar refractivity (Wildman–Crippen MR) is 61.5 cm³/mol. The number of aliphatic carboxylic acids is 1. The van der Waals surface area contributed by atoms with Gasteiger partial charge in [0.1, 0.15) is 6.04 Å². The monoisotopic (exact) mass is 245 g/mol. The van der Waals surface area contributed by atoms with Crippen molar-refractivity contribution >= 4 is 17.9 Å². The highest BCUT2D eigenvalue weighted by Crippen LogP contribution is 2.04. The van der Waals surface area contributed by atoms with Gasteiger partial charge in [0.2, 0.25) is 5.91 Å². The number of rotatable bonds is 6. The lowest BCUT2D eigenvalue weighted by Crippen LogP contribution is -2.48. The summed E-state index contributed by atoms with van der Waals surface area (Å²) in [4.78, 5) is 33.0. The Bertz CT molecular complexity index is 291. The number of amides is 3. The van der Waals surface area contributed by atoms with Gasteiger partial charge in [-0.25, -0.2) is 9.59 Å².